The molecule has 9 nitrogen and oxygen atoms in total. The first-order chi connectivity index (χ1) is 19.7. The SMILES string of the molecule is CNc1ncc2cc(-c3c(Cl)c(OC)cc(OC)c3Cl)c(=O)n(Cc3cccc(CC(=O)/C=C/CN(C)C)c3)c2n1. The summed E-state index contributed by atoms with van der Waals surface area (Å²) in [5, 5.41) is 3.88. The van der Waals surface area contributed by atoms with Crippen LogP contribution >= 0.6 is 23.2 Å². The Kier molecular flexibility index (Phi) is 9.65. The molecular formula is C30H31Cl2N5O4. The number of anilines is 1. The first-order valence-electron chi connectivity index (χ1n) is 12.8. The highest BCUT2D eigenvalue weighted by Crippen LogP contribution is 2.45. The van der Waals surface area contributed by atoms with Gasteiger partial charge in [0.05, 0.1) is 36.4 Å². The zero-order valence-electron chi connectivity index (χ0n) is 23.5. The van der Waals surface area contributed by atoms with Gasteiger partial charge in [-0.25, -0.2) is 4.98 Å². The Labute approximate surface area is 248 Å². The van der Waals surface area contributed by atoms with Gasteiger partial charge in [-0.3, -0.25) is 14.2 Å². The van der Waals surface area contributed by atoms with E-state index in [1.807, 2.05) is 49.3 Å². The van der Waals surface area contributed by atoms with Crippen LogP contribution in [0.1, 0.15) is 11.1 Å². The number of benzene rings is 2. The van der Waals surface area contributed by atoms with Crippen LogP contribution in [0.15, 0.2) is 59.5 Å². The minimum atomic E-state index is -0.370. The summed E-state index contributed by atoms with van der Waals surface area (Å²) in [4.78, 5) is 37.5. The van der Waals surface area contributed by atoms with Crippen LogP contribution in [-0.2, 0) is 17.8 Å². The highest BCUT2D eigenvalue weighted by Gasteiger charge is 2.23. The Bertz CT molecular complexity index is 1660. The van der Waals surface area contributed by atoms with E-state index in [-0.39, 0.29) is 45.5 Å². The number of ether oxygens (including phenoxy) is 2. The standard InChI is InChI=1S/C30H31Cl2N5O4/c1-33-30-34-16-20-14-22(25-26(31)23(40-4)15-24(41-5)27(25)32)29(39)37(28(20)35-30)17-19-9-6-8-18(12-19)13-21(38)10-7-11-36(2)3/h6-10,12,14-16H,11,13,17H2,1-5H3,(H,33,34,35)/b10-7+. The molecule has 0 saturated heterocycles. The van der Waals surface area contributed by atoms with Gasteiger partial charge in [-0.2, -0.15) is 4.98 Å². The summed E-state index contributed by atoms with van der Waals surface area (Å²) in [6.45, 7) is 0.861. The molecule has 2 aromatic heterocycles. The van der Waals surface area contributed by atoms with Crippen LogP contribution in [0.3, 0.4) is 0 Å². The number of carbonyl (C=O) groups is 1. The summed E-state index contributed by atoms with van der Waals surface area (Å²) in [6.07, 6.45) is 5.31. The van der Waals surface area contributed by atoms with Crippen molar-refractivity contribution in [2.45, 2.75) is 13.0 Å². The molecule has 2 aromatic carbocycles. The molecule has 0 aliphatic heterocycles. The van der Waals surface area contributed by atoms with Crippen LogP contribution in [-0.4, -0.2) is 67.1 Å². The second-order valence-electron chi connectivity index (χ2n) is 9.58. The number of hydrogen-bond donors (Lipinski definition) is 1. The van der Waals surface area contributed by atoms with Crippen LogP contribution in [0.2, 0.25) is 10.0 Å². The smallest absolute Gasteiger partial charge is 0.260 e. The maximum atomic E-state index is 14.1. The van der Waals surface area contributed by atoms with Crippen molar-refractivity contribution >= 4 is 46.0 Å². The predicted octanol–water partition coefficient (Wildman–Crippen LogP) is 5.10. The Morgan fingerprint density at radius 2 is 1.76 bits per heavy atom. The molecule has 1 N–H and O–H groups in total. The molecule has 0 bridgehead atoms. The monoisotopic (exact) mass is 595 g/mol. The van der Waals surface area contributed by atoms with E-state index in [0.29, 0.717) is 35.0 Å². The minimum Gasteiger partial charge on any atom is -0.495 e. The number of halogens is 2. The quantitative estimate of drug-likeness (QED) is 0.239. The average molecular weight is 597 g/mol. The highest BCUT2D eigenvalue weighted by atomic mass is 35.5. The van der Waals surface area contributed by atoms with Crippen molar-refractivity contribution < 1.29 is 14.3 Å². The van der Waals surface area contributed by atoms with Crippen LogP contribution in [0.4, 0.5) is 5.95 Å². The van der Waals surface area contributed by atoms with E-state index in [9.17, 15) is 9.59 Å². The first-order valence-corrected chi connectivity index (χ1v) is 13.5. The van der Waals surface area contributed by atoms with E-state index >= 15 is 0 Å². The second kappa shape index (κ2) is 13.2. The van der Waals surface area contributed by atoms with Crippen LogP contribution < -0.4 is 20.3 Å². The van der Waals surface area contributed by atoms with Crippen LogP contribution in [0.25, 0.3) is 22.2 Å². The Morgan fingerprint density at radius 1 is 1.07 bits per heavy atom. The summed E-state index contributed by atoms with van der Waals surface area (Å²) in [5.74, 6) is 0.984. The Hall–Kier alpha value is -3.92. The summed E-state index contributed by atoms with van der Waals surface area (Å²) < 4.78 is 12.4. The summed E-state index contributed by atoms with van der Waals surface area (Å²) >= 11 is 13.4. The molecule has 0 amide bonds. The third-order valence-electron chi connectivity index (χ3n) is 6.38. The molecule has 0 fully saturated rings. The van der Waals surface area contributed by atoms with Crippen molar-refractivity contribution in [3.05, 3.63) is 86.3 Å². The number of nitrogens with zero attached hydrogens (tertiary/aromatic N) is 4. The predicted molar refractivity (Wildman–Crippen MR) is 164 cm³/mol. The van der Waals surface area contributed by atoms with Crippen LogP contribution in [0, 0.1) is 0 Å². The van der Waals surface area contributed by atoms with Gasteiger partial charge in [0.25, 0.3) is 5.56 Å². The van der Waals surface area contributed by atoms with Gasteiger partial charge in [-0.1, -0.05) is 53.5 Å². The topological polar surface area (TPSA) is 98.6 Å². The number of rotatable bonds is 11. The van der Waals surface area contributed by atoms with Gasteiger partial charge < -0.3 is 19.7 Å². The fraction of sp³-hybridized carbons (Fsp3) is 0.267. The number of methoxy groups -OCH3 is 2. The van der Waals surface area contributed by atoms with E-state index < -0.39 is 0 Å². The van der Waals surface area contributed by atoms with Crippen molar-refractivity contribution in [2.75, 3.05) is 47.2 Å². The van der Waals surface area contributed by atoms with Gasteiger partial charge in [0.1, 0.15) is 17.1 Å². The van der Waals surface area contributed by atoms with Crippen LogP contribution in [0.5, 0.6) is 11.5 Å². The summed E-state index contributed by atoms with van der Waals surface area (Å²) in [6, 6.07) is 10.8. The lowest BCUT2D eigenvalue weighted by atomic mass is 10.0. The number of ketones is 1. The zero-order chi connectivity index (χ0) is 29.7. The lowest BCUT2D eigenvalue weighted by Gasteiger charge is -2.17. The molecule has 2 heterocycles. The Balaban J connectivity index is 1.84. The molecule has 214 valence electrons. The lowest BCUT2D eigenvalue weighted by Crippen LogP contribution is -2.24. The number of allylic oxidation sites excluding steroid dienone is 1. The average Bonchev–Trinajstić information content (AvgIpc) is 2.95. The molecule has 41 heavy (non-hydrogen) atoms. The summed E-state index contributed by atoms with van der Waals surface area (Å²) in [5.41, 5.74) is 2.23. The number of aromatic nitrogens is 3. The van der Waals surface area contributed by atoms with Gasteiger partial charge in [0, 0.05) is 43.2 Å². The molecule has 0 saturated carbocycles. The van der Waals surface area contributed by atoms with Crippen molar-refractivity contribution in [3.63, 3.8) is 0 Å². The lowest BCUT2D eigenvalue weighted by molar-refractivity contribution is -0.114. The number of likely N-dealkylation sites (N-methyl/N-ethyl adjacent to an activating group) is 1. The van der Waals surface area contributed by atoms with E-state index in [4.69, 9.17) is 32.7 Å². The molecule has 0 unspecified atom stereocenters. The van der Waals surface area contributed by atoms with Crippen molar-refractivity contribution in [1.29, 1.82) is 0 Å². The molecule has 0 spiro atoms. The number of pyridine rings is 1. The van der Waals surface area contributed by atoms with Gasteiger partial charge in [-0.15, -0.1) is 0 Å². The highest BCUT2D eigenvalue weighted by molar-refractivity contribution is 6.41. The van der Waals surface area contributed by atoms with Gasteiger partial charge >= 0.3 is 0 Å². The molecule has 4 rings (SSSR count). The molecule has 0 radical (unpaired) electrons. The van der Waals surface area contributed by atoms with E-state index in [1.165, 1.54) is 14.2 Å². The Morgan fingerprint density at radius 3 is 2.39 bits per heavy atom. The zero-order valence-corrected chi connectivity index (χ0v) is 25.0. The third kappa shape index (κ3) is 6.70. The van der Waals surface area contributed by atoms with Gasteiger partial charge in [0.2, 0.25) is 5.95 Å². The molecule has 0 atom stereocenters. The molecular weight excluding hydrogens is 565 g/mol. The fourth-order valence-electron chi connectivity index (χ4n) is 4.40. The van der Waals surface area contributed by atoms with E-state index in [0.717, 1.165) is 11.1 Å². The molecule has 0 aliphatic rings. The number of fused-ring (bicyclic) bond motifs is 1. The van der Waals surface area contributed by atoms with Gasteiger partial charge in [-0.05, 0) is 37.4 Å². The fourth-order valence-corrected chi connectivity index (χ4v) is 5.11. The number of nitrogens with one attached hydrogen (secondary N) is 1. The summed E-state index contributed by atoms with van der Waals surface area (Å²) in [7, 11) is 8.53. The van der Waals surface area contributed by atoms with Crippen molar-refractivity contribution in [2.24, 2.45) is 0 Å². The molecule has 11 heteroatoms. The van der Waals surface area contributed by atoms with Crippen molar-refractivity contribution in [1.82, 2.24) is 19.4 Å². The minimum absolute atomic E-state index is 0.00345. The molecule has 0 aliphatic carbocycles. The number of hydrogen-bond acceptors (Lipinski definition) is 8. The third-order valence-corrected chi connectivity index (χ3v) is 7.13. The maximum absolute atomic E-state index is 14.1. The van der Waals surface area contributed by atoms with E-state index in [1.54, 1.807) is 36.0 Å². The van der Waals surface area contributed by atoms with Crippen molar-refractivity contribution in [3.8, 4) is 22.6 Å². The second-order valence-corrected chi connectivity index (χ2v) is 10.3. The van der Waals surface area contributed by atoms with Gasteiger partial charge in [0.15, 0.2) is 5.78 Å². The normalized spacial score (nSPS) is 11.4. The largest absolute Gasteiger partial charge is 0.495 e. The maximum Gasteiger partial charge on any atom is 0.260 e. The van der Waals surface area contributed by atoms with E-state index in [2.05, 4.69) is 15.3 Å². The number of carbonyl (C=O) groups excluding carboxylic acids is 1. The first kappa shape index (κ1) is 30.0. The molecule has 4 aromatic rings.